The molecule has 0 bridgehead atoms. The molecule has 1 saturated carbocycles. The summed E-state index contributed by atoms with van der Waals surface area (Å²) < 4.78 is 11.2. The molecule has 1 amide bonds. The smallest absolute Gasteiger partial charge is 0.407 e. The van der Waals surface area contributed by atoms with Gasteiger partial charge in [-0.3, -0.25) is 0 Å². The van der Waals surface area contributed by atoms with Crippen LogP contribution < -0.4 is 10.6 Å². The number of fused-ring (bicyclic) bond motifs is 1. The molecule has 1 aliphatic carbocycles. The first-order valence-electron chi connectivity index (χ1n) is 9.27. The summed E-state index contributed by atoms with van der Waals surface area (Å²) in [6, 6.07) is 0.356. The van der Waals surface area contributed by atoms with Crippen LogP contribution in [0.25, 0.3) is 0 Å². The molecule has 4 unspecified atom stereocenters. The Morgan fingerprint density at radius 3 is 2.61 bits per heavy atom. The molecule has 4 atom stereocenters. The van der Waals surface area contributed by atoms with E-state index in [4.69, 9.17) is 9.47 Å². The zero-order valence-corrected chi connectivity index (χ0v) is 15.2. The molecule has 2 fully saturated rings. The van der Waals surface area contributed by atoms with Gasteiger partial charge in [-0.25, -0.2) is 4.79 Å². The van der Waals surface area contributed by atoms with Gasteiger partial charge in [0.2, 0.25) is 0 Å². The predicted octanol–water partition coefficient (Wildman–Crippen LogP) is 3.23. The van der Waals surface area contributed by atoms with Crippen LogP contribution >= 0.6 is 0 Å². The Hall–Kier alpha value is -0.810. The average molecular weight is 326 g/mol. The van der Waals surface area contributed by atoms with E-state index in [1.165, 1.54) is 32.1 Å². The number of hydrogen-bond acceptors (Lipinski definition) is 4. The Balaban J connectivity index is 1.74. The van der Waals surface area contributed by atoms with Crippen molar-refractivity contribution in [3.05, 3.63) is 0 Å². The number of amides is 1. The SMILES string of the molecule is CCCCCCCNC1C(NC(=O)OC(C)(C)C)C2CCOC21. The number of ether oxygens (including phenoxy) is 2. The minimum Gasteiger partial charge on any atom is -0.444 e. The summed E-state index contributed by atoms with van der Waals surface area (Å²) in [5, 5.41) is 6.64. The van der Waals surface area contributed by atoms with E-state index in [0.717, 1.165) is 19.6 Å². The van der Waals surface area contributed by atoms with E-state index in [-0.39, 0.29) is 24.3 Å². The number of carbonyl (C=O) groups excluding carboxylic acids is 1. The number of nitrogens with one attached hydrogen (secondary N) is 2. The second kappa shape index (κ2) is 8.34. The first kappa shape index (κ1) is 18.5. The maximum atomic E-state index is 12.0. The van der Waals surface area contributed by atoms with Crippen LogP contribution in [0.5, 0.6) is 0 Å². The van der Waals surface area contributed by atoms with Crippen molar-refractivity contribution in [1.29, 1.82) is 0 Å². The largest absolute Gasteiger partial charge is 0.444 e. The van der Waals surface area contributed by atoms with Gasteiger partial charge in [0.05, 0.1) is 18.2 Å². The average Bonchev–Trinajstić information content (AvgIpc) is 2.86. The van der Waals surface area contributed by atoms with Crippen LogP contribution in [-0.2, 0) is 9.47 Å². The van der Waals surface area contributed by atoms with Gasteiger partial charge in [-0.05, 0) is 40.2 Å². The lowest BCUT2D eigenvalue weighted by atomic mass is 9.71. The molecule has 1 aliphatic heterocycles. The van der Waals surface area contributed by atoms with Gasteiger partial charge in [0.1, 0.15) is 5.60 Å². The molecular formula is C18H34N2O3. The number of rotatable bonds is 8. The minimum absolute atomic E-state index is 0.132. The van der Waals surface area contributed by atoms with Crippen LogP contribution in [-0.4, -0.2) is 43.0 Å². The third-order valence-corrected chi connectivity index (χ3v) is 4.73. The lowest BCUT2D eigenvalue weighted by Crippen LogP contribution is -2.70. The highest BCUT2D eigenvalue weighted by atomic mass is 16.6. The van der Waals surface area contributed by atoms with Crippen LogP contribution in [0.4, 0.5) is 4.79 Å². The zero-order valence-electron chi connectivity index (χ0n) is 15.2. The topological polar surface area (TPSA) is 59.6 Å². The molecular weight excluding hydrogens is 292 g/mol. The zero-order chi connectivity index (χ0) is 16.9. The summed E-state index contributed by atoms with van der Waals surface area (Å²) in [5.74, 6) is 0.431. The fourth-order valence-corrected chi connectivity index (χ4v) is 3.59. The van der Waals surface area contributed by atoms with Crippen LogP contribution in [0.1, 0.15) is 66.2 Å². The van der Waals surface area contributed by atoms with Gasteiger partial charge in [0, 0.05) is 12.5 Å². The second-order valence-corrected chi connectivity index (χ2v) is 7.85. The Morgan fingerprint density at radius 2 is 1.91 bits per heavy atom. The van der Waals surface area contributed by atoms with Crippen molar-refractivity contribution in [3.63, 3.8) is 0 Å². The molecule has 0 radical (unpaired) electrons. The molecule has 0 aromatic carbocycles. The third-order valence-electron chi connectivity index (χ3n) is 4.73. The molecule has 0 aromatic rings. The summed E-state index contributed by atoms with van der Waals surface area (Å²) in [5.41, 5.74) is -0.457. The maximum absolute atomic E-state index is 12.0. The van der Waals surface area contributed by atoms with Gasteiger partial charge < -0.3 is 20.1 Å². The van der Waals surface area contributed by atoms with Gasteiger partial charge >= 0.3 is 6.09 Å². The number of unbranched alkanes of at least 4 members (excludes halogenated alkanes) is 4. The van der Waals surface area contributed by atoms with Crippen molar-refractivity contribution in [2.45, 2.75) is 90.0 Å². The summed E-state index contributed by atoms with van der Waals surface area (Å²) in [6.07, 6.45) is 7.33. The first-order valence-corrected chi connectivity index (χ1v) is 9.27. The maximum Gasteiger partial charge on any atom is 0.407 e. The summed E-state index contributed by atoms with van der Waals surface area (Å²) in [6.45, 7) is 9.70. The molecule has 0 aromatic heterocycles. The van der Waals surface area contributed by atoms with E-state index in [9.17, 15) is 4.79 Å². The quantitative estimate of drug-likeness (QED) is 0.672. The van der Waals surface area contributed by atoms with Crippen molar-refractivity contribution in [1.82, 2.24) is 10.6 Å². The van der Waals surface area contributed by atoms with Crippen LogP contribution in [0.3, 0.4) is 0 Å². The lowest BCUT2D eigenvalue weighted by Gasteiger charge is -2.48. The molecule has 2 rings (SSSR count). The van der Waals surface area contributed by atoms with Gasteiger partial charge in [-0.2, -0.15) is 0 Å². The molecule has 1 heterocycles. The standard InChI is InChI=1S/C18H34N2O3/c1-5-6-7-8-9-11-19-15-14(13-10-12-22-16(13)15)20-17(21)23-18(2,3)4/h13-16,19H,5-12H2,1-4H3,(H,20,21). The Morgan fingerprint density at radius 1 is 1.17 bits per heavy atom. The van der Waals surface area contributed by atoms with Gasteiger partial charge in [-0.1, -0.05) is 32.6 Å². The number of hydrogen-bond donors (Lipinski definition) is 2. The predicted molar refractivity (Wildman–Crippen MR) is 91.6 cm³/mol. The molecule has 1 saturated heterocycles. The van der Waals surface area contributed by atoms with Crippen LogP contribution in [0.15, 0.2) is 0 Å². The fourth-order valence-electron chi connectivity index (χ4n) is 3.59. The Bertz CT molecular complexity index is 381. The fraction of sp³-hybridized carbons (Fsp3) is 0.944. The highest BCUT2D eigenvalue weighted by Crippen LogP contribution is 2.39. The lowest BCUT2D eigenvalue weighted by molar-refractivity contribution is -0.0337. The Kier molecular flexibility index (Phi) is 6.72. The van der Waals surface area contributed by atoms with E-state index < -0.39 is 5.60 Å². The third kappa shape index (κ3) is 5.35. The summed E-state index contributed by atoms with van der Waals surface area (Å²) in [4.78, 5) is 12.0. The van der Waals surface area contributed by atoms with Crippen molar-refractivity contribution >= 4 is 6.09 Å². The summed E-state index contributed by atoms with van der Waals surface area (Å²) in [7, 11) is 0. The normalized spacial score (nSPS) is 29.7. The molecule has 2 aliphatic rings. The monoisotopic (exact) mass is 326 g/mol. The molecule has 5 heteroatoms. The van der Waals surface area contributed by atoms with Crippen molar-refractivity contribution in [2.75, 3.05) is 13.2 Å². The molecule has 23 heavy (non-hydrogen) atoms. The van der Waals surface area contributed by atoms with Crippen LogP contribution in [0.2, 0.25) is 0 Å². The molecule has 5 nitrogen and oxygen atoms in total. The molecule has 134 valence electrons. The van der Waals surface area contributed by atoms with E-state index in [2.05, 4.69) is 17.6 Å². The highest BCUT2D eigenvalue weighted by molar-refractivity contribution is 5.68. The second-order valence-electron chi connectivity index (χ2n) is 7.85. The van der Waals surface area contributed by atoms with Crippen molar-refractivity contribution in [2.24, 2.45) is 5.92 Å². The minimum atomic E-state index is -0.457. The number of carbonyl (C=O) groups is 1. The Labute approximate surface area is 140 Å². The van der Waals surface area contributed by atoms with E-state index in [1.54, 1.807) is 0 Å². The number of alkyl carbamates (subject to hydrolysis) is 1. The van der Waals surface area contributed by atoms with E-state index in [0.29, 0.717) is 5.92 Å². The van der Waals surface area contributed by atoms with Crippen LogP contribution in [0, 0.1) is 5.92 Å². The van der Waals surface area contributed by atoms with Crippen molar-refractivity contribution < 1.29 is 14.3 Å². The highest BCUT2D eigenvalue weighted by Gasteiger charge is 2.54. The van der Waals surface area contributed by atoms with E-state index in [1.807, 2.05) is 20.8 Å². The molecule has 0 spiro atoms. The van der Waals surface area contributed by atoms with Gasteiger partial charge in [0.25, 0.3) is 0 Å². The van der Waals surface area contributed by atoms with E-state index >= 15 is 0 Å². The van der Waals surface area contributed by atoms with Gasteiger partial charge in [-0.15, -0.1) is 0 Å². The summed E-state index contributed by atoms with van der Waals surface area (Å²) >= 11 is 0. The van der Waals surface area contributed by atoms with Gasteiger partial charge in [0.15, 0.2) is 0 Å². The molecule has 2 N–H and O–H groups in total. The first-order chi connectivity index (χ1) is 10.9. The van der Waals surface area contributed by atoms with Crippen molar-refractivity contribution in [3.8, 4) is 0 Å².